The molecule has 6 heteroatoms. The largest absolute Gasteiger partial charge is 0.373 e. The Kier molecular flexibility index (Phi) is 16.8. The van der Waals surface area contributed by atoms with E-state index in [0.717, 1.165) is 38.5 Å². The molecule has 0 radical (unpaired) electrons. The van der Waals surface area contributed by atoms with Crippen molar-refractivity contribution in [3.8, 4) is 0 Å². The maximum absolute atomic E-state index is 11.8. The monoisotopic (exact) mass is 460 g/mol. The number of unbranched alkanes of at least 4 members (excludes halogenated alkanes) is 11. The van der Waals surface area contributed by atoms with Crippen LogP contribution in [0.1, 0.15) is 103 Å². The van der Waals surface area contributed by atoms with Gasteiger partial charge in [0.05, 0.1) is 21.1 Å². The highest BCUT2D eigenvalue weighted by molar-refractivity contribution is 7.53. The van der Waals surface area contributed by atoms with Crippen LogP contribution in [0.4, 0.5) is 0 Å². The number of quaternary nitrogens is 1. The van der Waals surface area contributed by atoms with Crippen LogP contribution in [0.15, 0.2) is 24.3 Å². The van der Waals surface area contributed by atoms with Gasteiger partial charge in [0.15, 0.2) is 0 Å². The summed E-state index contributed by atoms with van der Waals surface area (Å²) in [5.41, 5.74) is 0. The molecule has 0 aliphatic heterocycles. The van der Waals surface area contributed by atoms with Crippen molar-refractivity contribution < 1.29 is 23.9 Å². The molecule has 0 saturated carbocycles. The highest BCUT2D eigenvalue weighted by Crippen LogP contribution is 2.52. The second-order valence-corrected chi connectivity index (χ2v) is 11.9. The number of nitrogens with zero attached hydrogens (tertiary/aromatic N) is 1. The van der Waals surface area contributed by atoms with Gasteiger partial charge in [-0.05, 0) is 51.4 Å². The molecule has 5 nitrogen and oxygen atoms in total. The summed E-state index contributed by atoms with van der Waals surface area (Å²) in [5, 5.41) is 8.62. The molecule has 3 N–H and O–H groups in total. The van der Waals surface area contributed by atoms with E-state index in [1.807, 2.05) is 21.1 Å². The van der Waals surface area contributed by atoms with Crippen LogP contribution in [0.5, 0.6) is 0 Å². The Hall–Kier alpha value is -0.450. The lowest BCUT2D eigenvalue weighted by Gasteiger charge is -2.35. The quantitative estimate of drug-likeness (QED) is 0.0834. The van der Waals surface area contributed by atoms with Gasteiger partial charge in [0, 0.05) is 0 Å². The highest BCUT2D eigenvalue weighted by atomic mass is 31.2. The summed E-state index contributed by atoms with van der Waals surface area (Å²) in [7, 11) is 0.960. The minimum absolute atomic E-state index is 0.0556. The van der Waals surface area contributed by atoms with Crippen molar-refractivity contribution in [3.63, 3.8) is 0 Å². The van der Waals surface area contributed by atoms with Crippen LogP contribution in [-0.2, 0) is 4.57 Å². The van der Waals surface area contributed by atoms with E-state index in [0.29, 0.717) is 10.9 Å². The standard InChI is InChI=1S/C25H50NO4P/c1-5-6-7-8-9-10-11-12-13-14-15-16-17-18-19-20-21-22-23-25(27,31(28,29)30)24-26(2,3)4/h9-10,13-14,27H,5-8,11-12,15-24H2,1-4H3,(H-,28,29,30)/p+1/b10-9-,14-13-. The first-order valence-corrected chi connectivity index (χ1v) is 14.0. The zero-order valence-electron chi connectivity index (χ0n) is 20.8. The highest BCUT2D eigenvalue weighted by Gasteiger charge is 2.48. The van der Waals surface area contributed by atoms with Crippen LogP contribution < -0.4 is 0 Å². The number of hydrogen-bond acceptors (Lipinski definition) is 2. The molecule has 0 heterocycles. The SMILES string of the molecule is CCCCC/C=C\CC/C=C\CCCCCCCCCC(O)(C[N+](C)(C)C)P(=O)(O)O. The van der Waals surface area contributed by atoms with Crippen molar-refractivity contribution in [3.05, 3.63) is 24.3 Å². The van der Waals surface area contributed by atoms with Gasteiger partial charge >= 0.3 is 7.60 Å². The van der Waals surface area contributed by atoms with E-state index in [1.165, 1.54) is 44.9 Å². The molecule has 1 atom stereocenters. The topological polar surface area (TPSA) is 77.8 Å². The first kappa shape index (κ1) is 30.6. The maximum Gasteiger partial charge on any atom is 0.362 e. The molecule has 0 aromatic heterocycles. The van der Waals surface area contributed by atoms with Gasteiger partial charge < -0.3 is 19.4 Å². The van der Waals surface area contributed by atoms with E-state index in [2.05, 4.69) is 31.2 Å². The van der Waals surface area contributed by atoms with Crippen LogP contribution in [-0.4, -0.2) is 52.4 Å². The minimum Gasteiger partial charge on any atom is -0.373 e. The van der Waals surface area contributed by atoms with Crippen molar-refractivity contribution in [1.29, 1.82) is 0 Å². The number of rotatable bonds is 20. The average Bonchev–Trinajstić information content (AvgIpc) is 2.65. The van der Waals surface area contributed by atoms with E-state index in [-0.39, 0.29) is 13.0 Å². The van der Waals surface area contributed by atoms with Gasteiger partial charge in [-0.3, -0.25) is 4.57 Å². The molecule has 0 bridgehead atoms. The van der Waals surface area contributed by atoms with Crippen LogP contribution in [0.25, 0.3) is 0 Å². The van der Waals surface area contributed by atoms with E-state index >= 15 is 0 Å². The average molecular weight is 461 g/mol. The number of likely N-dealkylation sites (N-methyl/N-ethyl adjacent to an activating group) is 1. The third kappa shape index (κ3) is 17.7. The predicted molar refractivity (Wildman–Crippen MR) is 133 cm³/mol. The van der Waals surface area contributed by atoms with Crippen molar-refractivity contribution in [2.75, 3.05) is 27.7 Å². The van der Waals surface area contributed by atoms with Gasteiger partial charge in [-0.25, -0.2) is 0 Å². The molecule has 0 saturated heterocycles. The van der Waals surface area contributed by atoms with Crippen LogP contribution in [0, 0.1) is 0 Å². The second-order valence-electron chi connectivity index (χ2n) is 10.0. The van der Waals surface area contributed by atoms with Crippen LogP contribution >= 0.6 is 7.60 Å². The summed E-state index contributed by atoms with van der Waals surface area (Å²) >= 11 is 0. The smallest absolute Gasteiger partial charge is 0.362 e. The fourth-order valence-corrected chi connectivity index (χ4v) is 4.86. The lowest BCUT2D eigenvalue weighted by atomic mass is 10.0. The normalized spacial score (nSPS) is 15.2. The van der Waals surface area contributed by atoms with Gasteiger partial charge in [-0.2, -0.15) is 0 Å². The molecule has 0 aliphatic rings. The summed E-state index contributed by atoms with van der Waals surface area (Å²) < 4.78 is 12.1. The summed E-state index contributed by atoms with van der Waals surface area (Å²) in [4.78, 5) is 19.2. The van der Waals surface area contributed by atoms with E-state index < -0.39 is 12.9 Å². The lowest BCUT2D eigenvalue weighted by Crippen LogP contribution is -2.49. The predicted octanol–water partition coefficient (Wildman–Crippen LogP) is 6.54. The molecule has 31 heavy (non-hydrogen) atoms. The zero-order chi connectivity index (χ0) is 23.6. The van der Waals surface area contributed by atoms with Crippen LogP contribution in [0.3, 0.4) is 0 Å². The fraction of sp³-hybridized carbons (Fsp3) is 0.840. The van der Waals surface area contributed by atoms with Gasteiger partial charge in [-0.15, -0.1) is 0 Å². The first-order chi connectivity index (χ1) is 14.5. The Morgan fingerprint density at radius 3 is 1.58 bits per heavy atom. The Balaban J connectivity index is 3.69. The van der Waals surface area contributed by atoms with E-state index in [9.17, 15) is 19.5 Å². The third-order valence-electron chi connectivity index (χ3n) is 5.53. The van der Waals surface area contributed by atoms with Crippen molar-refractivity contribution >= 4 is 7.60 Å². The minimum atomic E-state index is -4.55. The maximum atomic E-state index is 11.8. The summed E-state index contributed by atoms with van der Waals surface area (Å²) in [6.45, 7) is 2.29. The fourth-order valence-electron chi connectivity index (χ4n) is 3.81. The molecule has 184 valence electrons. The van der Waals surface area contributed by atoms with Crippen molar-refractivity contribution in [1.82, 2.24) is 0 Å². The second kappa shape index (κ2) is 17.1. The lowest BCUT2D eigenvalue weighted by molar-refractivity contribution is -0.875. The molecule has 0 aliphatic carbocycles. The van der Waals surface area contributed by atoms with Gasteiger partial charge in [-0.1, -0.05) is 76.2 Å². The van der Waals surface area contributed by atoms with Crippen LogP contribution in [0.2, 0.25) is 0 Å². The third-order valence-corrected chi connectivity index (χ3v) is 6.97. The molecule has 1 unspecified atom stereocenters. The molecule has 0 amide bonds. The Labute approximate surface area is 192 Å². The van der Waals surface area contributed by atoms with Gasteiger partial charge in [0.2, 0.25) is 5.34 Å². The van der Waals surface area contributed by atoms with Crippen molar-refractivity contribution in [2.45, 2.75) is 109 Å². The number of allylic oxidation sites excluding steroid dienone is 4. The summed E-state index contributed by atoms with van der Waals surface area (Å²) in [6, 6.07) is 0. The molecular formula is C25H51NO4P+. The Morgan fingerprint density at radius 1 is 0.710 bits per heavy atom. The molecule has 0 aromatic carbocycles. The van der Waals surface area contributed by atoms with Gasteiger partial charge in [0.25, 0.3) is 0 Å². The first-order valence-electron chi connectivity index (χ1n) is 12.4. The molecule has 0 fully saturated rings. The zero-order valence-corrected chi connectivity index (χ0v) is 21.7. The molecule has 0 aromatic rings. The summed E-state index contributed by atoms with van der Waals surface area (Å²) in [6.07, 6.45) is 25.4. The molecule has 0 spiro atoms. The number of aliphatic hydroxyl groups is 1. The van der Waals surface area contributed by atoms with E-state index in [4.69, 9.17) is 0 Å². The summed E-state index contributed by atoms with van der Waals surface area (Å²) in [5.74, 6) is 0. The molecular weight excluding hydrogens is 409 g/mol. The molecule has 0 rings (SSSR count). The Bertz CT molecular complexity index is 536. The number of hydrogen-bond donors (Lipinski definition) is 3. The van der Waals surface area contributed by atoms with E-state index in [1.54, 1.807) is 0 Å². The van der Waals surface area contributed by atoms with Gasteiger partial charge in [0.1, 0.15) is 6.54 Å². The Morgan fingerprint density at radius 2 is 1.13 bits per heavy atom. The van der Waals surface area contributed by atoms with Crippen molar-refractivity contribution in [2.24, 2.45) is 0 Å².